The van der Waals surface area contributed by atoms with Gasteiger partial charge in [-0.2, -0.15) is 0 Å². The molecule has 1 amide bonds. The van der Waals surface area contributed by atoms with Crippen LogP contribution in [0.2, 0.25) is 10.0 Å². The lowest BCUT2D eigenvalue weighted by Crippen LogP contribution is -2.36. The Kier molecular flexibility index (Phi) is 5.83. The Hall–Kier alpha value is -2.44. The van der Waals surface area contributed by atoms with Gasteiger partial charge in [0.05, 0.1) is 15.7 Å². The first-order valence-corrected chi connectivity index (χ1v) is 10.3. The van der Waals surface area contributed by atoms with Gasteiger partial charge >= 0.3 is 0 Å². The van der Waals surface area contributed by atoms with Crippen LogP contribution in [0.4, 0.5) is 4.39 Å². The lowest BCUT2D eigenvalue weighted by atomic mass is 9.95. The van der Waals surface area contributed by atoms with Crippen LogP contribution in [0.3, 0.4) is 0 Å². The van der Waals surface area contributed by atoms with Crippen LogP contribution in [0.25, 0.3) is 17.1 Å². The van der Waals surface area contributed by atoms with Gasteiger partial charge < -0.3 is 5.32 Å². The molecule has 1 aromatic heterocycles. The Morgan fingerprint density at radius 1 is 1.03 bits per heavy atom. The van der Waals surface area contributed by atoms with Crippen LogP contribution in [0.15, 0.2) is 42.5 Å². The van der Waals surface area contributed by atoms with Crippen LogP contribution in [0.1, 0.15) is 42.7 Å². The van der Waals surface area contributed by atoms with E-state index in [0.717, 1.165) is 25.7 Å². The third kappa shape index (κ3) is 4.43. The summed E-state index contributed by atoms with van der Waals surface area (Å²) in [5.74, 6) is -0.207. The van der Waals surface area contributed by atoms with Crippen LogP contribution >= 0.6 is 23.2 Å². The molecule has 1 heterocycles. The summed E-state index contributed by atoms with van der Waals surface area (Å²) in [6.07, 6.45) is 5.34. The van der Waals surface area contributed by atoms with Crippen molar-refractivity contribution in [2.24, 2.45) is 0 Å². The minimum atomic E-state index is -0.357. The summed E-state index contributed by atoms with van der Waals surface area (Å²) in [5.41, 5.74) is 1.23. The monoisotopic (exact) mass is 432 g/mol. The van der Waals surface area contributed by atoms with Crippen LogP contribution in [0, 0.1) is 5.82 Å². The van der Waals surface area contributed by atoms with Crippen molar-refractivity contribution in [1.82, 2.24) is 20.1 Å². The van der Waals surface area contributed by atoms with Gasteiger partial charge in [0.15, 0.2) is 5.82 Å². The van der Waals surface area contributed by atoms with Crippen molar-refractivity contribution in [2.75, 3.05) is 0 Å². The largest absolute Gasteiger partial charge is 0.347 e. The highest BCUT2D eigenvalue weighted by Gasteiger charge is 2.22. The lowest BCUT2D eigenvalue weighted by Gasteiger charge is -2.21. The minimum Gasteiger partial charge on any atom is -0.347 e. The Morgan fingerprint density at radius 2 is 1.76 bits per heavy atom. The predicted molar refractivity (Wildman–Crippen MR) is 111 cm³/mol. The number of amides is 1. The summed E-state index contributed by atoms with van der Waals surface area (Å²) in [6, 6.07) is 11.0. The molecule has 0 unspecified atom stereocenters. The predicted octanol–water partition coefficient (Wildman–Crippen LogP) is 5.44. The summed E-state index contributed by atoms with van der Waals surface area (Å²) in [5, 5.41) is 8.21. The average molecular weight is 433 g/mol. The number of carbonyl (C=O) groups excluding carboxylic acids is 1. The molecular weight excluding hydrogens is 414 g/mol. The van der Waals surface area contributed by atoms with E-state index in [4.69, 9.17) is 23.2 Å². The second-order valence-electron chi connectivity index (χ2n) is 7.08. The first kappa shape index (κ1) is 19.9. The van der Waals surface area contributed by atoms with Gasteiger partial charge in [-0.1, -0.05) is 42.5 Å². The van der Waals surface area contributed by atoms with E-state index in [2.05, 4.69) is 15.4 Å². The van der Waals surface area contributed by atoms with Crippen molar-refractivity contribution in [2.45, 2.75) is 38.1 Å². The number of hydrogen-bond donors (Lipinski definition) is 1. The van der Waals surface area contributed by atoms with Gasteiger partial charge in [0, 0.05) is 11.6 Å². The standard InChI is InChI=1S/C21H19Cl2FN4O/c22-17-11-10-16(12-18(17)23)28-20(13-6-8-14(24)9-7-13)26-19(27-28)21(29)25-15-4-2-1-3-5-15/h6-12,15H,1-5H2,(H,25,29). The summed E-state index contributed by atoms with van der Waals surface area (Å²) >= 11 is 12.2. The van der Waals surface area contributed by atoms with E-state index < -0.39 is 0 Å². The van der Waals surface area contributed by atoms with E-state index in [1.807, 2.05) is 0 Å². The first-order valence-electron chi connectivity index (χ1n) is 9.50. The smallest absolute Gasteiger partial charge is 0.291 e. The van der Waals surface area contributed by atoms with Gasteiger partial charge in [-0.3, -0.25) is 4.79 Å². The zero-order valence-electron chi connectivity index (χ0n) is 15.5. The van der Waals surface area contributed by atoms with Crippen molar-refractivity contribution >= 4 is 29.1 Å². The van der Waals surface area contributed by atoms with Crippen molar-refractivity contribution < 1.29 is 9.18 Å². The third-order valence-electron chi connectivity index (χ3n) is 5.00. The molecule has 0 bridgehead atoms. The molecule has 29 heavy (non-hydrogen) atoms. The van der Waals surface area contributed by atoms with Crippen LogP contribution in [-0.4, -0.2) is 26.7 Å². The molecule has 0 spiro atoms. The summed E-state index contributed by atoms with van der Waals surface area (Å²) < 4.78 is 14.9. The normalized spacial score (nSPS) is 14.7. The Morgan fingerprint density at radius 3 is 2.45 bits per heavy atom. The molecule has 5 nitrogen and oxygen atoms in total. The van der Waals surface area contributed by atoms with Gasteiger partial charge in [0.25, 0.3) is 5.91 Å². The molecule has 0 atom stereocenters. The molecule has 4 rings (SSSR count). The molecule has 2 aromatic carbocycles. The number of halogens is 3. The number of benzene rings is 2. The molecule has 1 N–H and O–H groups in total. The maximum absolute atomic E-state index is 13.4. The van der Waals surface area contributed by atoms with E-state index in [-0.39, 0.29) is 23.6 Å². The van der Waals surface area contributed by atoms with E-state index >= 15 is 0 Å². The van der Waals surface area contributed by atoms with E-state index in [1.54, 1.807) is 30.3 Å². The van der Waals surface area contributed by atoms with Gasteiger partial charge in [-0.25, -0.2) is 14.1 Å². The van der Waals surface area contributed by atoms with E-state index in [9.17, 15) is 9.18 Å². The molecule has 1 aliphatic carbocycles. The Bertz CT molecular complexity index is 1030. The quantitative estimate of drug-likeness (QED) is 0.596. The fourth-order valence-electron chi connectivity index (χ4n) is 3.49. The molecule has 0 radical (unpaired) electrons. The Labute approximate surface area is 177 Å². The lowest BCUT2D eigenvalue weighted by molar-refractivity contribution is 0.0917. The van der Waals surface area contributed by atoms with Crippen molar-refractivity contribution in [3.63, 3.8) is 0 Å². The number of rotatable bonds is 4. The van der Waals surface area contributed by atoms with Crippen molar-refractivity contribution in [3.8, 4) is 17.1 Å². The minimum absolute atomic E-state index is 0.0565. The molecule has 1 aliphatic rings. The van der Waals surface area contributed by atoms with Crippen LogP contribution in [0.5, 0.6) is 0 Å². The zero-order valence-corrected chi connectivity index (χ0v) is 17.0. The second-order valence-corrected chi connectivity index (χ2v) is 7.90. The van der Waals surface area contributed by atoms with Crippen LogP contribution < -0.4 is 5.32 Å². The molecule has 1 fully saturated rings. The van der Waals surface area contributed by atoms with Crippen molar-refractivity contribution in [3.05, 3.63) is 64.2 Å². The topological polar surface area (TPSA) is 59.8 Å². The van der Waals surface area contributed by atoms with Crippen LogP contribution in [-0.2, 0) is 0 Å². The average Bonchev–Trinajstić information content (AvgIpc) is 3.17. The molecule has 150 valence electrons. The highest BCUT2D eigenvalue weighted by molar-refractivity contribution is 6.42. The maximum Gasteiger partial charge on any atom is 0.291 e. The van der Waals surface area contributed by atoms with Crippen molar-refractivity contribution in [1.29, 1.82) is 0 Å². The zero-order chi connectivity index (χ0) is 20.4. The number of nitrogens with zero attached hydrogens (tertiary/aromatic N) is 3. The molecule has 1 saturated carbocycles. The third-order valence-corrected chi connectivity index (χ3v) is 5.74. The highest BCUT2D eigenvalue weighted by atomic mass is 35.5. The summed E-state index contributed by atoms with van der Waals surface area (Å²) in [4.78, 5) is 17.2. The van der Waals surface area contributed by atoms with Gasteiger partial charge in [0.1, 0.15) is 5.82 Å². The van der Waals surface area contributed by atoms with E-state index in [1.165, 1.54) is 23.2 Å². The summed E-state index contributed by atoms with van der Waals surface area (Å²) in [7, 11) is 0. The van der Waals surface area contributed by atoms with Gasteiger partial charge in [-0.05, 0) is 55.3 Å². The van der Waals surface area contributed by atoms with Gasteiger partial charge in [0.2, 0.25) is 5.82 Å². The molecule has 3 aromatic rings. The molecular formula is C21H19Cl2FN4O. The SMILES string of the molecule is O=C(NC1CCCCC1)c1nc(-c2ccc(F)cc2)n(-c2ccc(Cl)c(Cl)c2)n1. The number of nitrogens with one attached hydrogen (secondary N) is 1. The number of hydrogen-bond acceptors (Lipinski definition) is 3. The molecule has 0 aliphatic heterocycles. The van der Waals surface area contributed by atoms with Gasteiger partial charge in [-0.15, -0.1) is 5.10 Å². The summed E-state index contributed by atoms with van der Waals surface area (Å²) in [6.45, 7) is 0. The fraction of sp³-hybridized carbons (Fsp3) is 0.286. The second kappa shape index (κ2) is 8.51. The Balaban J connectivity index is 1.72. The fourth-order valence-corrected chi connectivity index (χ4v) is 3.78. The number of aromatic nitrogens is 3. The molecule has 0 saturated heterocycles. The molecule has 8 heteroatoms. The maximum atomic E-state index is 13.4. The highest BCUT2D eigenvalue weighted by Crippen LogP contribution is 2.27. The number of carbonyl (C=O) groups is 1. The first-order chi connectivity index (χ1) is 14.0. The van der Waals surface area contributed by atoms with E-state index in [0.29, 0.717) is 27.1 Å².